The Morgan fingerprint density at radius 3 is 1.93 bits per heavy atom. The molecular weight excluding hydrogens is 316 g/mol. The normalized spacial score (nSPS) is 11.9. The maximum atomic E-state index is 12.1. The Morgan fingerprint density at radius 1 is 1.07 bits per heavy atom. The molecule has 0 aliphatic carbocycles. The van der Waals surface area contributed by atoms with Crippen molar-refractivity contribution in [2.24, 2.45) is 0 Å². The number of hydrogen-bond donors (Lipinski definition) is 0. The number of rotatable bonds is 2. The van der Waals surface area contributed by atoms with Gasteiger partial charge in [0.15, 0.2) is 3.57 Å². The largest absolute Gasteiger partial charge is 0.432 e. The van der Waals surface area contributed by atoms with Crippen LogP contribution < -0.4 is 21.2 Å². The number of halogens is 4. The zero-order valence-electron chi connectivity index (χ0n) is 8.87. The zero-order chi connectivity index (χ0) is 11.6. The molecule has 0 atom stereocenters. The van der Waals surface area contributed by atoms with Crippen LogP contribution in [-0.4, -0.2) is 10.6 Å². The molecule has 0 aliphatic rings. The zero-order valence-corrected chi connectivity index (χ0v) is 11.0. The Balaban J connectivity index is 2.86. The quantitative estimate of drug-likeness (QED) is 0.546. The second kappa shape index (κ2) is 4.72. The van der Waals surface area contributed by atoms with Crippen LogP contribution in [-0.2, 0) is 0 Å². The molecule has 0 amide bonds. The first kappa shape index (κ1) is 12.8. The van der Waals surface area contributed by atoms with E-state index in [4.69, 9.17) is 0 Å². The average Bonchev–Trinajstić information content (AvgIpc) is 1.99. The van der Waals surface area contributed by atoms with Crippen molar-refractivity contribution in [3.05, 3.63) is 32.4 Å². The summed E-state index contributed by atoms with van der Waals surface area (Å²) in [6.45, 7) is 5.75. The van der Waals surface area contributed by atoms with Crippen molar-refractivity contribution < 1.29 is 34.4 Å². The first-order valence-electron chi connectivity index (χ1n) is 4.53. The Hall–Kier alpha value is -0.260. The smallest absolute Gasteiger partial charge is 0.166 e. The second-order valence-corrected chi connectivity index (χ2v) is 6.20. The highest BCUT2D eigenvalue weighted by Crippen LogP contribution is 2.11. The van der Waals surface area contributed by atoms with E-state index in [9.17, 15) is 13.2 Å². The summed E-state index contributed by atoms with van der Waals surface area (Å²) in [5, 5.41) is 0. The van der Waals surface area contributed by atoms with Gasteiger partial charge in [-0.2, -0.15) is 13.2 Å². The van der Waals surface area contributed by atoms with Crippen LogP contribution >= 0.6 is 0 Å². The lowest BCUT2D eigenvalue weighted by molar-refractivity contribution is -0.651. The summed E-state index contributed by atoms with van der Waals surface area (Å²) < 4.78 is 36.6. The van der Waals surface area contributed by atoms with Crippen LogP contribution in [0.25, 0.3) is 0 Å². The van der Waals surface area contributed by atoms with Crippen LogP contribution in [0, 0.1) is 24.3 Å². The highest BCUT2D eigenvalue weighted by Gasteiger charge is 2.37. The molecule has 1 aromatic carbocycles. The molecule has 1 rings (SSSR count). The van der Waals surface area contributed by atoms with Crippen LogP contribution in [0.15, 0.2) is 12.1 Å². The summed E-state index contributed by atoms with van der Waals surface area (Å²) in [5.74, 6) is 0. The molecule has 0 nitrogen and oxygen atoms in total. The lowest BCUT2D eigenvalue weighted by Crippen LogP contribution is -3.63. The molecule has 15 heavy (non-hydrogen) atoms. The number of alkyl halides is 4. The number of aryl methyl sites for hydroxylation is 3. The van der Waals surface area contributed by atoms with Crippen molar-refractivity contribution in [3.8, 4) is 0 Å². The number of hydrogen-bond acceptors (Lipinski definition) is 0. The summed E-state index contributed by atoms with van der Waals surface area (Å²) in [6, 6.07) is 3.91. The molecule has 0 heterocycles. The van der Waals surface area contributed by atoms with Gasteiger partial charge < -0.3 is 0 Å². The highest BCUT2D eigenvalue weighted by molar-refractivity contribution is 5.26. The van der Waals surface area contributed by atoms with Crippen LogP contribution in [0.5, 0.6) is 0 Å². The molecule has 1 aromatic rings. The van der Waals surface area contributed by atoms with E-state index in [0.29, 0.717) is 0 Å². The van der Waals surface area contributed by atoms with Gasteiger partial charge >= 0.3 is 27.4 Å². The molecule has 0 saturated carbocycles. The van der Waals surface area contributed by atoms with Crippen LogP contribution in [0.4, 0.5) is 13.2 Å². The van der Waals surface area contributed by atoms with Gasteiger partial charge in [-0.15, -0.1) is 0 Å². The van der Waals surface area contributed by atoms with Gasteiger partial charge in [0, 0.05) is 11.1 Å². The van der Waals surface area contributed by atoms with E-state index in [1.54, 1.807) is 0 Å². The predicted octanol–water partition coefficient (Wildman–Crippen LogP) is 0.433. The highest BCUT2D eigenvalue weighted by atomic mass is 127. The fourth-order valence-corrected chi connectivity index (χ4v) is 3.84. The summed E-state index contributed by atoms with van der Waals surface area (Å²) in [7, 11) is 0. The van der Waals surface area contributed by atoms with Gasteiger partial charge in [0.2, 0.25) is 4.43 Å². The summed E-state index contributed by atoms with van der Waals surface area (Å²) >= 11 is -0.944. The molecule has 0 fully saturated rings. The molecule has 0 aromatic heterocycles. The second-order valence-electron chi connectivity index (χ2n) is 3.60. The molecule has 0 unspecified atom stereocenters. The van der Waals surface area contributed by atoms with Crippen LogP contribution in [0.2, 0.25) is 0 Å². The predicted molar refractivity (Wildman–Crippen MR) is 50.3 cm³/mol. The monoisotopic (exact) mass is 329 g/mol. The fourth-order valence-electron chi connectivity index (χ4n) is 1.52. The van der Waals surface area contributed by atoms with E-state index in [1.165, 1.54) is 0 Å². The Bertz CT molecular complexity index is 332. The third-order valence-electron chi connectivity index (χ3n) is 1.93. The van der Waals surface area contributed by atoms with Crippen molar-refractivity contribution in [2.45, 2.75) is 26.9 Å². The minimum absolute atomic E-state index is 0.628. The van der Waals surface area contributed by atoms with Gasteiger partial charge in [-0.3, -0.25) is 0 Å². The van der Waals surface area contributed by atoms with E-state index in [0.717, 1.165) is 20.3 Å². The SMILES string of the molecule is Cc1cc(C)c([I+]CC(F)(F)F)c(C)c1. The first-order valence-corrected chi connectivity index (χ1v) is 7.14. The average molecular weight is 329 g/mol. The number of benzene rings is 1. The van der Waals surface area contributed by atoms with Crippen molar-refractivity contribution in [1.82, 2.24) is 0 Å². The molecular formula is C11H13F3I+. The van der Waals surface area contributed by atoms with Gasteiger partial charge in [-0.25, -0.2) is 0 Å². The summed E-state index contributed by atoms with van der Waals surface area (Å²) in [5.41, 5.74) is 3.12. The molecule has 0 bridgehead atoms. The van der Waals surface area contributed by atoms with Crippen molar-refractivity contribution in [2.75, 3.05) is 4.43 Å². The van der Waals surface area contributed by atoms with Gasteiger partial charge in [-0.1, -0.05) is 17.7 Å². The summed E-state index contributed by atoms with van der Waals surface area (Å²) in [4.78, 5) is 0. The molecule has 4 heteroatoms. The topological polar surface area (TPSA) is 0 Å². The van der Waals surface area contributed by atoms with Gasteiger partial charge in [0.05, 0.1) is 0 Å². The van der Waals surface area contributed by atoms with E-state index >= 15 is 0 Å². The van der Waals surface area contributed by atoms with Crippen LogP contribution in [0.3, 0.4) is 0 Å². The standard InChI is InChI=1S/C11H13F3I/c1-7-4-8(2)10(9(3)5-7)15-6-11(12,13)14/h4-5H,6H2,1-3H3/q+1. The molecule has 0 spiro atoms. The van der Waals surface area contributed by atoms with E-state index in [2.05, 4.69) is 0 Å². The fraction of sp³-hybridized carbons (Fsp3) is 0.455. The minimum Gasteiger partial charge on any atom is -0.166 e. The van der Waals surface area contributed by atoms with Crippen LogP contribution in [0.1, 0.15) is 16.7 Å². The Labute approximate surface area is 98.1 Å². The first-order chi connectivity index (χ1) is 6.79. The minimum atomic E-state index is -4.02. The van der Waals surface area contributed by atoms with Crippen molar-refractivity contribution in [3.63, 3.8) is 0 Å². The lowest BCUT2D eigenvalue weighted by Gasteiger charge is -2.02. The van der Waals surface area contributed by atoms with Gasteiger partial charge in [0.25, 0.3) is 0 Å². The van der Waals surface area contributed by atoms with Gasteiger partial charge in [0.1, 0.15) is 0 Å². The van der Waals surface area contributed by atoms with Crippen molar-refractivity contribution >= 4 is 0 Å². The van der Waals surface area contributed by atoms with Crippen molar-refractivity contribution in [1.29, 1.82) is 0 Å². The van der Waals surface area contributed by atoms with Gasteiger partial charge in [-0.05, 0) is 20.8 Å². The Kier molecular flexibility index (Phi) is 4.03. The maximum Gasteiger partial charge on any atom is 0.432 e. The Morgan fingerprint density at radius 2 is 1.53 bits per heavy atom. The molecule has 0 aliphatic heterocycles. The van der Waals surface area contributed by atoms with E-state index in [1.807, 2.05) is 32.9 Å². The van der Waals surface area contributed by atoms with E-state index < -0.39 is 31.8 Å². The third kappa shape index (κ3) is 4.01. The maximum absolute atomic E-state index is 12.1. The molecule has 0 N–H and O–H groups in total. The molecule has 0 radical (unpaired) electrons. The molecule has 84 valence electrons. The van der Waals surface area contributed by atoms with E-state index in [-0.39, 0.29) is 0 Å². The lowest BCUT2D eigenvalue weighted by atomic mass is 10.1. The molecule has 0 saturated heterocycles. The third-order valence-corrected chi connectivity index (χ3v) is 5.64. The summed E-state index contributed by atoms with van der Waals surface area (Å²) in [6.07, 6.45) is -4.02.